The Morgan fingerprint density at radius 2 is 2.12 bits per heavy atom. The molecule has 0 fully saturated rings. The molecule has 0 aliphatic rings. The van der Waals surface area contributed by atoms with Crippen molar-refractivity contribution in [2.75, 3.05) is 11.1 Å². The van der Waals surface area contributed by atoms with Gasteiger partial charge in [0.05, 0.1) is 10.6 Å². The molecule has 1 aromatic carbocycles. The summed E-state index contributed by atoms with van der Waals surface area (Å²) in [4.78, 5) is 13.8. The molecule has 0 aliphatic carbocycles. The molecule has 2 nitrogen and oxygen atoms in total. The molecule has 88 valence electrons. The first kappa shape index (κ1) is 12.2. The monoisotopic (exact) mass is 263 g/mol. The molecule has 0 unspecified atom stereocenters. The van der Waals surface area contributed by atoms with Crippen LogP contribution in [-0.4, -0.2) is 11.7 Å². The average Bonchev–Trinajstić information content (AvgIpc) is 2.85. The predicted octanol–water partition coefficient (Wildman–Crippen LogP) is 4.11. The molecule has 0 spiro atoms. The minimum Gasteiger partial charge on any atom is -0.320 e. The quantitative estimate of drug-likeness (QED) is 0.841. The number of thioether (sulfide) groups is 1. The molecule has 0 radical (unpaired) electrons. The maximum Gasteiger partial charge on any atom is 0.265 e. The molecule has 4 heteroatoms. The van der Waals surface area contributed by atoms with E-state index in [1.807, 2.05) is 41.8 Å². The van der Waals surface area contributed by atoms with Gasteiger partial charge in [-0.1, -0.05) is 25.1 Å². The summed E-state index contributed by atoms with van der Waals surface area (Å²) in [5.74, 6) is 0.954. The van der Waals surface area contributed by atoms with Gasteiger partial charge in [0.25, 0.3) is 5.91 Å². The second-order valence-electron chi connectivity index (χ2n) is 3.36. The van der Waals surface area contributed by atoms with Gasteiger partial charge in [-0.25, -0.2) is 0 Å². The third kappa shape index (κ3) is 3.11. The van der Waals surface area contributed by atoms with Crippen LogP contribution in [0.2, 0.25) is 0 Å². The lowest BCUT2D eigenvalue weighted by molar-refractivity contribution is 0.103. The largest absolute Gasteiger partial charge is 0.320 e. The molecule has 0 saturated heterocycles. The third-order valence-electron chi connectivity index (χ3n) is 2.18. The molecular formula is C13H13NOS2. The van der Waals surface area contributed by atoms with E-state index in [1.54, 1.807) is 11.8 Å². The number of hydrogen-bond donors (Lipinski definition) is 1. The highest BCUT2D eigenvalue weighted by molar-refractivity contribution is 7.99. The van der Waals surface area contributed by atoms with Gasteiger partial charge >= 0.3 is 0 Å². The Morgan fingerprint density at radius 1 is 1.29 bits per heavy atom. The van der Waals surface area contributed by atoms with Gasteiger partial charge in [-0.2, -0.15) is 0 Å². The smallest absolute Gasteiger partial charge is 0.265 e. The predicted molar refractivity (Wildman–Crippen MR) is 75.1 cm³/mol. The first-order chi connectivity index (χ1) is 8.31. The number of nitrogens with one attached hydrogen (secondary N) is 1. The van der Waals surface area contributed by atoms with Gasteiger partial charge < -0.3 is 5.32 Å². The number of para-hydroxylation sites is 1. The van der Waals surface area contributed by atoms with Crippen molar-refractivity contribution in [1.29, 1.82) is 0 Å². The Kier molecular flexibility index (Phi) is 4.23. The van der Waals surface area contributed by atoms with E-state index in [1.165, 1.54) is 11.3 Å². The first-order valence-electron chi connectivity index (χ1n) is 5.38. The Labute approximate surface area is 109 Å². The molecule has 2 rings (SSSR count). The van der Waals surface area contributed by atoms with Crippen molar-refractivity contribution in [2.24, 2.45) is 0 Å². The van der Waals surface area contributed by atoms with E-state index in [4.69, 9.17) is 0 Å². The van der Waals surface area contributed by atoms with Gasteiger partial charge in [-0.3, -0.25) is 4.79 Å². The van der Waals surface area contributed by atoms with Gasteiger partial charge in [0, 0.05) is 4.90 Å². The van der Waals surface area contributed by atoms with Crippen molar-refractivity contribution in [3.8, 4) is 0 Å². The van der Waals surface area contributed by atoms with Crippen molar-refractivity contribution in [1.82, 2.24) is 0 Å². The van der Waals surface area contributed by atoms with Crippen LogP contribution in [0.3, 0.4) is 0 Å². The summed E-state index contributed by atoms with van der Waals surface area (Å²) in [5.41, 5.74) is 0.887. The number of amides is 1. The molecule has 1 amide bonds. The third-order valence-corrected chi connectivity index (χ3v) is 4.00. The Morgan fingerprint density at radius 3 is 2.82 bits per heavy atom. The fourth-order valence-corrected chi connectivity index (χ4v) is 2.82. The summed E-state index contributed by atoms with van der Waals surface area (Å²) in [6.07, 6.45) is 0. The van der Waals surface area contributed by atoms with Gasteiger partial charge in [0.2, 0.25) is 0 Å². The highest BCUT2D eigenvalue weighted by atomic mass is 32.2. The van der Waals surface area contributed by atoms with E-state index in [2.05, 4.69) is 12.2 Å². The van der Waals surface area contributed by atoms with Crippen LogP contribution in [0.1, 0.15) is 16.6 Å². The molecule has 1 heterocycles. The van der Waals surface area contributed by atoms with E-state index < -0.39 is 0 Å². The second-order valence-corrected chi connectivity index (χ2v) is 5.61. The van der Waals surface area contributed by atoms with E-state index in [0.717, 1.165) is 21.2 Å². The van der Waals surface area contributed by atoms with Crippen molar-refractivity contribution in [3.05, 3.63) is 46.7 Å². The Hall–Kier alpha value is -1.26. The lowest BCUT2D eigenvalue weighted by Gasteiger charge is -2.08. The molecule has 0 atom stereocenters. The normalized spacial score (nSPS) is 10.2. The molecule has 0 saturated carbocycles. The summed E-state index contributed by atoms with van der Waals surface area (Å²) < 4.78 is 0. The first-order valence-corrected chi connectivity index (χ1v) is 7.24. The van der Waals surface area contributed by atoms with Crippen LogP contribution in [0.4, 0.5) is 5.69 Å². The number of thiophene rings is 1. The SMILES string of the molecule is CCSc1ccccc1NC(=O)c1cccs1. The summed E-state index contributed by atoms with van der Waals surface area (Å²) >= 11 is 3.18. The van der Waals surface area contributed by atoms with Crippen LogP contribution in [0, 0.1) is 0 Å². The number of carbonyl (C=O) groups excluding carboxylic acids is 1. The summed E-state index contributed by atoms with van der Waals surface area (Å²) in [6, 6.07) is 11.6. The Bertz CT molecular complexity index is 494. The molecule has 1 aromatic heterocycles. The maximum atomic E-state index is 11.9. The van der Waals surface area contributed by atoms with Gasteiger partial charge in [0.1, 0.15) is 0 Å². The summed E-state index contributed by atoms with van der Waals surface area (Å²) in [5, 5.41) is 4.85. The zero-order valence-electron chi connectivity index (χ0n) is 9.47. The van der Waals surface area contributed by atoms with E-state index >= 15 is 0 Å². The number of rotatable bonds is 4. The van der Waals surface area contributed by atoms with E-state index in [0.29, 0.717) is 0 Å². The van der Waals surface area contributed by atoms with Crippen LogP contribution in [0.5, 0.6) is 0 Å². The average molecular weight is 263 g/mol. The summed E-state index contributed by atoms with van der Waals surface area (Å²) in [6.45, 7) is 2.10. The zero-order valence-corrected chi connectivity index (χ0v) is 11.1. The van der Waals surface area contributed by atoms with Crippen LogP contribution >= 0.6 is 23.1 Å². The lowest BCUT2D eigenvalue weighted by Crippen LogP contribution is -2.10. The number of hydrogen-bond acceptors (Lipinski definition) is 3. The van der Waals surface area contributed by atoms with E-state index in [-0.39, 0.29) is 5.91 Å². The lowest BCUT2D eigenvalue weighted by atomic mass is 10.3. The number of benzene rings is 1. The van der Waals surface area contributed by atoms with Crippen molar-refractivity contribution in [3.63, 3.8) is 0 Å². The molecule has 17 heavy (non-hydrogen) atoms. The van der Waals surface area contributed by atoms with Crippen LogP contribution in [-0.2, 0) is 0 Å². The number of carbonyl (C=O) groups is 1. The zero-order chi connectivity index (χ0) is 12.1. The molecule has 1 N–H and O–H groups in total. The molecular weight excluding hydrogens is 250 g/mol. The second kappa shape index (κ2) is 5.89. The minimum absolute atomic E-state index is 0.0378. The minimum atomic E-state index is -0.0378. The maximum absolute atomic E-state index is 11.9. The highest BCUT2D eigenvalue weighted by Crippen LogP contribution is 2.27. The van der Waals surface area contributed by atoms with Crippen LogP contribution in [0.15, 0.2) is 46.7 Å². The Balaban J connectivity index is 2.15. The fraction of sp³-hybridized carbons (Fsp3) is 0.154. The van der Waals surface area contributed by atoms with Gasteiger partial charge in [-0.15, -0.1) is 23.1 Å². The van der Waals surface area contributed by atoms with Crippen molar-refractivity contribution in [2.45, 2.75) is 11.8 Å². The fourth-order valence-electron chi connectivity index (χ4n) is 1.44. The van der Waals surface area contributed by atoms with Crippen LogP contribution < -0.4 is 5.32 Å². The van der Waals surface area contributed by atoms with Crippen molar-refractivity contribution >= 4 is 34.7 Å². The number of anilines is 1. The van der Waals surface area contributed by atoms with Crippen molar-refractivity contribution < 1.29 is 4.79 Å². The molecule has 0 bridgehead atoms. The van der Waals surface area contributed by atoms with Crippen LogP contribution in [0.25, 0.3) is 0 Å². The topological polar surface area (TPSA) is 29.1 Å². The molecule has 2 aromatic rings. The highest BCUT2D eigenvalue weighted by Gasteiger charge is 2.09. The van der Waals surface area contributed by atoms with Gasteiger partial charge in [0.15, 0.2) is 0 Å². The van der Waals surface area contributed by atoms with Gasteiger partial charge in [-0.05, 0) is 29.3 Å². The summed E-state index contributed by atoms with van der Waals surface area (Å²) in [7, 11) is 0. The standard InChI is InChI=1S/C13H13NOS2/c1-2-16-11-7-4-3-6-10(11)14-13(15)12-8-5-9-17-12/h3-9H,2H2,1H3,(H,14,15). The molecule has 0 aliphatic heterocycles. The van der Waals surface area contributed by atoms with E-state index in [9.17, 15) is 4.79 Å².